The molecule has 0 saturated heterocycles. The molecule has 8 heteroatoms. The zero-order valence-corrected chi connectivity index (χ0v) is 15.2. The van der Waals surface area contributed by atoms with Gasteiger partial charge in [0, 0.05) is 29.9 Å². The maximum atomic E-state index is 12.3. The Morgan fingerprint density at radius 1 is 1.44 bits per heavy atom. The van der Waals surface area contributed by atoms with Crippen LogP contribution in [0.15, 0.2) is 35.3 Å². The van der Waals surface area contributed by atoms with E-state index >= 15 is 0 Å². The third kappa shape index (κ3) is 6.56. The van der Waals surface area contributed by atoms with Crippen LogP contribution in [0.2, 0.25) is 5.02 Å². The number of guanidine groups is 1. The zero-order valence-electron chi connectivity index (χ0n) is 14.5. The lowest BCUT2D eigenvalue weighted by molar-refractivity contribution is -0.117. The Morgan fingerprint density at radius 2 is 2.24 bits per heavy atom. The predicted octanol–water partition coefficient (Wildman–Crippen LogP) is 2.53. The van der Waals surface area contributed by atoms with Crippen LogP contribution in [0, 0.1) is 6.92 Å². The number of methoxy groups -OCH3 is 1. The van der Waals surface area contributed by atoms with Crippen molar-refractivity contribution in [2.75, 3.05) is 19.0 Å². The molecule has 1 unspecified atom stereocenters. The number of H-pyrrole nitrogens is 1. The number of amides is 1. The molecular weight excluding hydrogens is 342 g/mol. The number of hydrogen-bond acceptors (Lipinski definition) is 3. The first kappa shape index (κ1) is 19.0. The van der Waals surface area contributed by atoms with E-state index in [1.807, 2.05) is 26.0 Å². The summed E-state index contributed by atoms with van der Waals surface area (Å²) in [5.74, 6) is 0.598. The highest BCUT2D eigenvalue weighted by Gasteiger charge is 2.11. The fourth-order valence-corrected chi connectivity index (χ4v) is 2.42. The van der Waals surface area contributed by atoms with Gasteiger partial charge in [0.2, 0.25) is 5.96 Å². The minimum atomic E-state index is -0.297. The van der Waals surface area contributed by atoms with Crippen molar-refractivity contribution in [1.82, 2.24) is 15.5 Å². The van der Waals surface area contributed by atoms with Crippen molar-refractivity contribution in [2.24, 2.45) is 4.99 Å². The number of carbonyl (C=O) groups is 1. The van der Waals surface area contributed by atoms with Crippen LogP contribution in [0.25, 0.3) is 0 Å². The number of carbonyl (C=O) groups excluding carboxylic acids is 1. The van der Waals surface area contributed by atoms with E-state index in [2.05, 4.69) is 25.8 Å². The van der Waals surface area contributed by atoms with Gasteiger partial charge in [0.1, 0.15) is 0 Å². The van der Waals surface area contributed by atoms with E-state index in [1.165, 1.54) is 0 Å². The first-order valence-electron chi connectivity index (χ1n) is 7.86. The summed E-state index contributed by atoms with van der Waals surface area (Å²) < 4.78 is 5.11. The van der Waals surface area contributed by atoms with Gasteiger partial charge in [-0.15, -0.1) is 0 Å². The van der Waals surface area contributed by atoms with E-state index < -0.39 is 0 Å². The van der Waals surface area contributed by atoms with E-state index in [1.54, 1.807) is 25.3 Å². The average Bonchev–Trinajstić information content (AvgIpc) is 2.92. The number of aromatic nitrogens is 2. The number of aliphatic imine (C=N–C) groups is 1. The van der Waals surface area contributed by atoms with Crippen molar-refractivity contribution in [3.8, 4) is 0 Å². The van der Waals surface area contributed by atoms with Crippen LogP contribution in [0.5, 0.6) is 0 Å². The number of rotatable bonds is 6. The van der Waals surface area contributed by atoms with Gasteiger partial charge in [-0.05, 0) is 31.5 Å². The van der Waals surface area contributed by atoms with Gasteiger partial charge < -0.3 is 15.4 Å². The summed E-state index contributed by atoms with van der Waals surface area (Å²) in [6, 6.07) is 8.94. The van der Waals surface area contributed by atoms with Crippen LogP contribution in [0.4, 0.5) is 5.82 Å². The third-order valence-electron chi connectivity index (χ3n) is 3.23. The molecule has 1 aromatic heterocycles. The van der Waals surface area contributed by atoms with Crippen molar-refractivity contribution < 1.29 is 9.53 Å². The maximum Gasteiger partial charge on any atom is 0.253 e. The Bertz CT molecular complexity index is 744. The van der Waals surface area contributed by atoms with E-state index in [9.17, 15) is 4.79 Å². The van der Waals surface area contributed by atoms with Crippen molar-refractivity contribution in [1.29, 1.82) is 0 Å². The van der Waals surface area contributed by atoms with E-state index in [-0.39, 0.29) is 18.4 Å². The predicted molar refractivity (Wildman–Crippen MR) is 99.0 cm³/mol. The van der Waals surface area contributed by atoms with Crippen LogP contribution < -0.4 is 10.6 Å². The molecule has 1 atom stereocenters. The largest absolute Gasteiger partial charge is 0.383 e. The van der Waals surface area contributed by atoms with Crippen molar-refractivity contribution in [2.45, 2.75) is 26.3 Å². The quantitative estimate of drug-likeness (QED) is 0.542. The Morgan fingerprint density at radius 3 is 2.88 bits per heavy atom. The molecule has 2 aromatic rings. The molecule has 1 aromatic carbocycles. The number of ether oxygens (including phenoxy) is 1. The lowest BCUT2D eigenvalue weighted by atomic mass is 10.1. The standard InChI is InChI=1S/C17H22ClN5O2/c1-11-7-15(23-22-11)20-17(19-12(2)10-25-3)21-16(24)9-13-5-4-6-14(18)8-13/h4-8,12H,9-10H2,1-3H3,(H3,19,20,21,22,23,24). The molecule has 0 radical (unpaired) electrons. The highest BCUT2D eigenvalue weighted by molar-refractivity contribution is 6.30. The highest BCUT2D eigenvalue weighted by Crippen LogP contribution is 2.11. The summed E-state index contributed by atoms with van der Waals surface area (Å²) in [7, 11) is 1.61. The van der Waals surface area contributed by atoms with Gasteiger partial charge in [0.05, 0.1) is 13.0 Å². The Balaban J connectivity index is 2.11. The number of halogens is 1. The SMILES string of the molecule is COCC(C)N/C(=N/C(=O)Cc1cccc(Cl)c1)Nc1cc(C)[nH]n1. The van der Waals surface area contributed by atoms with Gasteiger partial charge in [0.15, 0.2) is 5.82 Å². The molecule has 0 spiro atoms. The molecule has 0 aliphatic heterocycles. The summed E-state index contributed by atoms with van der Waals surface area (Å²) in [6.07, 6.45) is 0.158. The first-order chi connectivity index (χ1) is 12.0. The molecule has 1 amide bonds. The van der Waals surface area contributed by atoms with Gasteiger partial charge in [-0.3, -0.25) is 9.89 Å². The van der Waals surface area contributed by atoms with Crippen LogP contribution in [0.3, 0.4) is 0 Å². The molecule has 0 aliphatic carbocycles. The molecule has 0 fully saturated rings. The van der Waals surface area contributed by atoms with Crippen molar-refractivity contribution in [3.05, 3.63) is 46.6 Å². The van der Waals surface area contributed by atoms with Gasteiger partial charge in [-0.25, -0.2) is 0 Å². The fourth-order valence-electron chi connectivity index (χ4n) is 2.21. The number of aromatic amines is 1. The molecule has 0 aliphatic rings. The van der Waals surface area contributed by atoms with Crippen LogP contribution in [0.1, 0.15) is 18.2 Å². The summed E-state index contributed by atoms with van der Waals surface area (Å²) in [5, 5.41) is 13.6. The van der Waals surface area contributed by atoms with Gasteiger partial charge in [0.25, 0.3) is 5.91 Å². The van der Waals surface area contributed by atoms with E-state index in [4.69, 9.17) is 16.3 Å². The lowest BCUT2D eigenvalue weighted by Crippen LogP contribution is -2.40. The summed E-state index contributed by atoms with van der Waals surface area (Å²) in [6.45, 7) is 4.29. The molecule has 25 heavy (non-hydrogen) atoms. The molecule has 134 valence electrons. The molecule has 2 rings (SSSR count). The van der Waals surface area contributed by atoms with E-state index in [0.29, 0.717) is 23.4 Å². The van der Waals surface area contributed by atoms with Crippen LogP contribution in [-0.4, -0.2) is 41.8 Å². The second kappa shape index (κ2) is 9.19. The van der Waals surface area contributed by atoms with Gasteiger partial charge >= 0.3 is 0 Å². The maximum absolute atomic E-state index is 12.3. The molecular formula is C17H22ClN5O2. The number of nitrogens with one attached hydrogen (secondary N) is 3. The smallest absolute Gasteiger partial charge is 0.253 e. The number of aryl methyl sites for hydroxylation is 1. The lowest BCUT2D eigenvalue weighted by Gasteiger charge is -2.16. The topological polar surface area (TPSA) is 91.4 Å². The summed E-state index contributed by atoms with van der Waals surface area (Å²) in [4.78, 5) is 16.4. The third-order valence-corrected chi connectivity index (χ3v) is 3.47. The number of anilines is 1. The second-order valence-corrected chi connectivity index (χ2v) is 6.16. The molecule has 1 heterocycles. The monoisotopic (exact) mass is 363 g/mol. The molecule has 0 saturated carbocycles. The van der Waals surface area contributed by atoms with E-state index in [0.717, 1.165) is 11.3 Å². The first-order valence-corrected chi connectivity index (χ1v) is 8.24. The molecule has 3 N–H and O–H groups in total. The average molecular weight is 364 g/mol. The number of hydrogen-bond donors (Lipinski definition) is 3. The molecule has 7 nitrogen and oxygen atoms in total. The van der Waals surface area contributed by atoms with Gasteiger partial charge in [-0.1, -0.05) is 23.7 Å². The van der Waals surface area contributed by atoms with Crippen molar-refractivity contribution in [3.63, 3.8) is 0 Å². The fraction of sp³-hybridized carbons (Fsp3) is 0.353. The zero-order chi connectivity index (χ0) is 18.2. The highest BCUT2D eigenvalue weighted by atomic mass is 35.5. The van der Waals surface area contributed by atoms with Crippen LogP contribution in [-0.2, 0) is 16.0 Å². The Labute approximate surface area is 151 Å². The normalized spacial score (nSPS) is 12.7. The summed E-state index contributed by atoms with van der Waals surface area (Å²) in [5.41, 5.74) is 1.71. The Kier molecular flexibility index (Phi) is 6.97. The summed E-state index contributed by atoms with van der Waals surface area (Å²) >= 11 is 5.95. The second-order valence-electron chi connectivity index (χ2n) is 5.72. The van der Waals surface area contributed by atoms with Crippen LogP contribution >= 0.6 is 11.6 Å². The number of benzene rings is 1. The number of nitrogens with zero attached hydrogens (tertiary/aromatic N) is 2. The van der Waals surface area contributed by atoms with Gasteiger partial charge in [-0.2, -0.15) is 10.1 Å². The minimum absolute atomic E-state index is 0.0322. The molecule has 0 bridgehead atoms. The Hall–Kier alpha value is -2.38. The minimum Gasteiger partial charge on any atom is -0.383 e. The van der Waals surface area contributed by atoms with Crippen molar-refractivity contribution >= 4 is 29.3 Å².